The highest BCUT2D eigenvalue weighted by atomic mass is 16.5. The van der Waals surface area contributed by atoms with Crippen molar-refractivity contribution in [3.05, 3.63) is 36.4 Å². The molecule has 1 aromatic heterocycles. The first-order valence-corrected chi connectivity index (χ1v) is 11.5. The monoisotopic (exact) mass is 454 g/mol. The molecular weight excluding hydrogens is 420 g/mol. The second-order valence-corrected chi connectivity index (χ2v) is 8.33. The number of anilines is 1. The van der Waals surface area contributed by atoms with Gasteiger partial charge in [-0.25, -0.2) is 4.79 Å². The molecule has 1 N–H and O–H groups in total. The van der Waals surface area contributed by atoms with Crippen LogP contribution in [-0.4, -0.2) is 84.4 Å². The number of methoxy groups -OCH3 is 1. The van der Waals surface area contributed by atoms with Crippen LogP contribution in [0.15, 0.2) is 36.4 Å². The molecule has 3 rings (SSSR count). The molecule has 0 saturated carbocycles. The largest absolute Gasteiger partial charge is 0.497 e. The maximum Gasteiger partial charge on any atom is 0.318 e. The molecule has 0 spiro atoms. The summed E-state index contributed by atoms with van der Waals surface area (Å²) in [5.41, 5.74) is 1.73. The summed E-state index contributed by atoms with van der Waals surface area (Å²) >= 11 is 0. The van der Waals surface area contributed by atoms with Crippen LogP contribution in [0.25, 0.3) is 11.3 Å². The van der Waals surface area contributed by atoms with E-state index in [-0.39, 0.29) is 24.5 Å². The molecule has 33 heavy (non-hydrogen) atoms. The topological polar surface area (TPSA) is 90.9 Å². The second kappa shape index (κ2) is 11.5. The van der Waals surface area contributed by atoms with Crippen molar-refractivity contribution < 1.29 is 14.3 Å². The van der Waals surface area contributed by atoms with E-state index in [0.29, 0.717) is 32.7 Å². The summed E-state index contributed by atoms with van der Waals surface area (Å²) in [7, 11) is 1.64. The van der Waals surface area contributed by atoms with Crippen LogP contribution in [0.2, 0.25) is 0 Å². The van der Waals surface area contributed by atoms with Crippen LogP contribution in [0.1, 0.15) is 27.2 Å². The molecule has 1 aromatic carbocycles. The number of carbonyl (C=O) groups is 2. The third-order valence-electron chi connectivity index (χ3n) is 5.69. The lowest BCUT2D eigenvalue weighted by atomic mass is 10.1. The van der Waals surface area contributed by atoms with E-state index in [4.69, 9.17) is 4.74 Å². The van der Waals surface area contributed by atoms with Crippen molar-refractivity contribution in [1.82, 2.24) is 25.3 Å². The van der Waals surface area contributed by atoms with Gasteiger partial charge in [-0.3, -0.25) is 4.79 Å². The molecule has 1 aliphatic rings. The van der Waals surface area contributed by atoms with E-state index in [9.17, 15) is 9.59 Å². The van der Waals surface area contributed by atoms with Gasteiger partial charge in [0.25, 0.3) is 0 Å². The van der Waals surface area contributed by atoms with Gasteiger partial charge < -0.3 is 24.8 Å². The Morgan fingerprint density at radius 1 is 1.12 bits per heavy atom. The van der Waals surface area contributed by atoms with E-state index < -0.39 is 0 Å². The number of hydrogen-bond donors (Lipinski definition) is 1. The van der Waals surface area contributed by atoms with Crippen LogP contribution >= 0.6 is 0 Å². The fourth-order valence-corrected chi connectivity index (χ4v) is 3.68. The van der Waals surface area contributed by atoms with Crippen LogP contribution in [0.5, 0.6) is 5.75 Å². The van der Waals surface area contributed by atoms with E-state index in [1.54, 1.807) is 12.0 Å². The van der Waals surface area contributed by atoms with Crippen molar-refractivity contribution in [3.8, 4) is 17.0 Å². The summed E-state index contributed by atoms with van der Waals surface area (Å²) in [6.07, 6.45) is 0.858. The summed E-state index contributed by atoms with van der Waals surface area (Å²) in [5, 5.41) is 11.6. The minimum Gasteiger partial charge on any atom is -0.497 e. The van der Waals surface area contributed by atoms with Crippen LogP contribution < -0.4 is 15.0 Å². The van der Waals surface area contributed by atoms with Gasteiger partial charge in [0, 0.05) is 44.3 Å². The lowest BCUT2D eigenvalue weighted by Crippen LogP contribution is -2.54. The number of amides is 3. The molecule has 0 radical (unpaired) electrons. The molecule has 178 valence electrons. The lowest BCUT2D eigenvalue weighted by molar-refractivity contribution is -0.132. The number of urea groups is 1. The molecule has 9 heteroatoms. The highest BCUT2D eigenvalue weighted by Crippen LogP contribution is 2.23. The number of nitrogens with zero attached hydrogens (tertiary/aromatic N) is 5. The zero-order valence-corrected chi connectivity index (χ0v) is 20.0. The number of rotatable bonds is 8. The van der Waals surface area contributed by atoms with Gasteiger partial charge in [0.05, 0.1) is 12.8 Å². The van der Waals surface area contributed by atoms with E-state index >= 15 is 0 Å². The van der Waals surface area contributed by atoms with E-state index in [1.807, 2.05) is 62.1 Å². The first kappa shape index (κ1) is 24.3. The SMILES string of the molecule is CCCNC(=O)N(CC(=O)N1CCN(c2ccc(-c3cccc(OC)c3)nn2)CC1)C(C)C. The normalized spacial score (nSPS) is 13.7. The highest BCUT2D eigenvalue weighted by Gasteiger charge is 2.26. The number of piperazine rings is 1. The third kappa shape index (κ3) is 6.34. The predicted octanol–water partition coefficient (Wildman–Crippen LogP) is 2.63. The first-order valence-electron chi connectivity index (χ1n) is 11.5. The Balaban J connectivity index is 1.55. The molecule has 2 aromatic rings. The summed E-state index contributed by atoms with van der Waals surface area (Å²) in [5.74, 6) is 1.53. The molecule has 0 unspecified atom stereocenters. The van der Waals surface area contributed by atoms with Gasteiger partial charge in [0.15, 0.2) is 5.82 Å². The Hall–Kier alpha value is -3.36. The maximum absolute atomic E-state index is 12.8. The van der Waals surface area contributed by atoms with Crippen molar-refractivity contribution in [2.75, 3.05) is 51.3 Å². The lowest BCUT2D eigenvalue weighted by Gasteiger charge is -2.36. The third-order valence-corrected chi connectivity index (χ3v) is 5.69. The van der Waals surface area contributed by atoms with Gasteiger partial charge in [0.2, 0.25) is 5.91 Å². The van der Waals surface area contributed by atoms with Crippen LogP contribution in [0, 0.1) is 0 Å². The fourth-order valence-electron chi connectivity index (χ4n) is 3.68. The van der Waals surface area contributed by atoms with Crippen molar-refractivity contribution in [3.63, 3.8) is 0 Å². The number of carbonyl (C=O) groups excluding carboxylic acids is 2. The molecule has 1 fully saturated rings. The van der Waals surface area contributed by atoms with Gasteiger partial charge in [-0.2, -0.15) is 0 Å². The fraction of sp³-hybridized carbons (Fsp3) is 0.500. The van der Waals surface area contributed by atoms with E-state index in [1.165, 1.54) is 0 Å². The average Bonchev–Trinajstić information content (AvgIpc) is 2.85. The molecule has 9 nitrogen and oxygen atoms in total. The predicted molar refractivity (Wildman–Crippen MR) is 128 cm³/mol. The number of benzene rings is 1. The van der Waals surface area contributed by atoms with E-state index in [2.05, 4.69) is 20.4 Å². The molecule has 1 aliphatic heterocycles. The minimum absolute atomic E-state index is 0.0329. The number of nitrogens with one attached hydrogen (secondary N) is 1. The van der Waals surface area contributed by atoms with Crippen LogP contribution in [-0.2, 0) is 4.79 Å². The highest BCUT2D eigenvalue weighted by molar-refractivity contribution is 5.84. The van der Waals surface area contributed by atoms with Crippen LogP contribution in [0.4, 0.5) is 10.6 Å². The van der Waals surface area contributed by atoms with Crippen molar-refractivity contribution >= 4 is 17.8 Å². The summed E-state index contributed by atoms with van der Waals surface area (Å²) < 4.78 is 5.28. The quantitative estimate of drug-likeness (QED) is 0.659. The van der Waals surface area contributed by atoms with Gasteiger partial charge in [-0.15, -0.1) is 10.2 Å². The molecular formula is C24H34N6O3. The number of aromatic nitrogens is 2. The van der Waals surface area contributed by atoms with Crippen molar-refractivity contribution in [2.24, 2.45) is 0 Å². The Bertz CT molecular complexity index is 926. The summed E-state index contributed by atoms with van der Waals surface area (Å²) in [4.78, 5) is 30.7. The maximum atomic E-state index is 12.8. The Kier molecular flexibility index (Phi) is 8.46. The van der Waals surface area contributed by atoms with Gasteiger partial charge in [0.1, 0.15) is 12.3 Å². The Labute approximate surface area is 195 Å². The molecule has 0 atom stereocenters. The minimum atomic E-state index is -0.190. The van der Waals surface area contributed by atoms with Crippen molar-refractivity contribution in [2.45, 2.75) is 33.2 Å². The molecule has 3 amide bonds. The molecule has 0 aliphatic carbocycles. The van der Waals surface area contributed by atoms with Crippen LogP contribution in [0.3, 0.4) is 0 Å². The second-order valence-electron chi connectivity index (χ2n) is 8.33. The van der Waals surface area contributed by atoms with Crippen molar-refractivity contribution in [1.29, 1.82) is 0 Å². The van der Waals surface area contributed by atoms with Gasteiger partial charge in [-0.05, 0) is 44.5 Å². The summed E-state index contributed by atoms with van der Waals surface area (Å²) in [6, 6.07) is 11.4. The molecule has 1 saturated heterocycles. The molecule has 2 heterocycles. The zero-order chi connectivity index (χ0) is 23.8. The van der Waals surface area contributed by atoms with E-state index in [0.717, 1.165) is 29.2 Å². The zero-order valence-electron chi connectivity index (χ0n) is 20.0. The average molecular weight is 455 g/mol. The standard InChI is InChI=1S/C24H34N6O3/c1-5-11-25-24(32)30(18(2)3)17-23(31)29-14-12-28(13-15-29)22-10-9-21(26-27-22)19-7-6-8-20(16-19)33-4/h6-10,16,18H,5,11-15,17H2,1-4H3,(H,25,32). The van der Waals surface area contributed by atoms with Gasteiger partial charge >= 0.3 is 6.03 Å². The first-order chi connectivity index (χ1) is 15.9. The Morgan fingerprint density at radius 3 is 2.48 bits per heavy atom. The molecule has 0 bridgehead atoms. The number of hydrogen-bond acceptors (Lipinski definition) is 6. The number of ether oxygens (including phenoxy) is 1. The Morgan fingerprint density at radius 2 is 1.88 bits per heavy atom. The summed E-state index contributed by atoms with van der Waals surface area (Å²) in [6.45, 7) is 9.04. The van der Waals surface area contributed by atoms with Gasteiger partial charge in [-0.1, -0.05) is 19.1 Å². The smallest absolute Gasteiger partial charge is 0.318 e.